The van der Waals surface area contributed by atoms with Gasteiger partial charge in [-0.3, -0.25) is 4.79 Å². The van der Waals surface area contributed by atoms with E-state index in [4.69, 9.17) is 14.2 Å². The Balaban J connectivity index is 1.77. The van der Waals surface area contributed by atoms with Crippen LogP contribution in [0, 0.1) is 0 Å². The number of nitrogens with zero attached hydrogens (tertiary/aromatic N) is 1. The van der Waals surface area contributed by atoms with E-state index in [0.29, 0.717) is 41.5 Å². The highest BCUT2D eigenvalue weighted by molar-refractivity contribution is 7.89. The molecule has 8 nitrogen and oxygen atoms in total. The van der Waals surface area contributed by atoms with E-state index in [1.807, 2.05) is 0 Å². The lowest BCUT2D eigenvalue weighted by Crippen LogP contribution is -2.25. The van der Waals surface area contributed by atoms with E-state index in [-0.39, 0.29) is 17.3 Å². The lowest BCUT2D eigenvalue weighted by molar-refractivity contribution is -0.117. The van der Waals surface area contributed by atoms with Crippen molar-refractivity contribution >= 4 is 21.6 Å². The zero-order valence-electron chi connectivity index (χ0n) is 16.6. The van der Waals surface area contributed by atoms with Crippen LogP contribution in [-0.2, 0) is 21.4 Å². The molecule has 9 heteroatoms. The number of rotatable bonds is 8. The van der Waals surface area contributed by atoms with Crippen molar-refractivity contribution in [2.45, 2.75) is 24.3 Å². The molecule has 1 aliphatic heterocycles. The molecular formula is C20H24N2O6S. The topological polar surface area (TPSA) is 94.2 Å². The third-order valence-corrected chi connectivity index (χ3v) is 6.19. The second kappa shape index (κ2) is 8.71. The molecule has 1 saturated heterocycles. The van der Waals surface area contributed by atoms with Gasteiger partial charge in [-0.2, -0.15) is 0 Å². The highest BCUT2D eigenvalue weighted by atomic mass is 32.2. The molecule has 1 heterocycles. The molecule has 29 heavy (non-hydrogen) atoms. The quantitative estimate of drug-likeness (QED) is 0.704. The van der Waals surface area contributed by atoms with Gasteiger partial charge in [-0.05, 0) is 36.8 Å². The van der Waals surface area contributed by atoms with Crippen LogP contribution in [0.1, 0.15) is 18.4 Å². The van der Waals surface area contributed by atoms with Gasteiger partial charge < -0.3 is 19.1 Å². The summed E-state index contributed by atoms with van der Waals surface area (Å²) in [5.74, 6) is 1.34. The first-order chi connectivity index (χ1) is 13.9. The predicted octanol–water partition coefficient (Wildman–Crippen LogP) is 2.32. The fourth-order valence-electron chi connectivity index (χ4n) is 3.28. The Labute approximate surface area is 170 Å². The minimum atomic E-state index is -3.75. The van der Waals surface area contributed by atoms with Crippen molar-refractivity contribution in [1.82, 2.24) is 4.72 Å². The predicted molar refractivity (Wildman–Crippen MR) is 108 cm³/mol. The second-order valence-electron chi connectivity index (χ2n) is 6.46. The number of anilines is 1. The third kappa shape index (κ3) is 4.30. The Kier molecular flexibility index (Phi) is 6.29. The molecule has 1 amide bonds. The number of benzene rings is 2. The van der Waals surface area contributed by atoms with Crippen LogP contribution in [0.15, 0.2) is 41.3 Å². The normalized spacial score (nSPS) is 14.2. The molecule has 0 radical (unpaired) electrons. The minimum absolute atomic E-state index is 0.0121. The van der Waals surface area contributed by atoms with E-state index in [0.717, 1.165) is 6.42 Å². The van der Waals surface area contributed by atoms with E-state index in [2.05, 4.69) is 4.72 Å². The third-order valence-electron chi connectivity index (χ3n) is 4.77. The maximum atomic E-state index is 12.7. The number of sulfonamides is 1. The van der Waals surface area contributed by atoms with Crippen LogP contribution in [0.3, 0.4) is 0 Å². The molecule has 0 unspecified atom stereocenters. The van der Waals surface area contributed by atoms with Crippen molar-refractivity contribution in [2.24, 2.45) is 0 Å². The van der Waals surface area contributed by atoms with Gasteiger partial charge in [0.2, 0.25) is 21.7 Å². The van der Waals surface area contributed by atoms with Gasteiger partial charge in [-0.25, -0.2) is 13.1 Å². The zero-order chi connectivity index (χ0) is 21.0. The molecule has 156 valence electrons. The van der Waals surface area contributed by atoms with Gasteiger partial charge in [0.05, 0.1) is 26.2 Å². The summed E-state index contributed by atoms with van der Waals surface area (Å²) in [7, 11) is 0.726. The Morgan fingerprint density at radius 2 is 1.66 bits per heavy atom. The fourth-order valence-corrected chi connectivity index (χ4v) is 4.29. The Bertz CT molecular complexity index is 989. The average Bonchev–Trinajstić information content (AvgIpc) is 3.17. The molecule has 0 spiro atoms. The number of carbonyl (C=O) groups is 1. The first-order valence-electron chi connectivity index (χ1n) is 9.09. The lowest BCUT2D eigenvalue weighted by atomic mass is 10.1. The van der Waals surface area contributed by atoms with Crippen molar-refractivity contribution in [3.8, 4) is 17.2 Å². The second-order valence-corrected chi connectivity index (χ2v) is 8.23. The maximum Gasteiger partial charge on any atom is 0.240 e. The van der Waals surface area contributed by atoms with Crippen LogP contribution in [0.25, 0.3) is 0 Å². The van der Waals surface area contributed by atoms with E-state index < -0.39 is 10.0 Å². The molecule has 3 rings (SSSR count). The molecule has 0 bridgehead atoms. The van der Waals surface area contributed by atoms with Gasteiger partial charge in [0.1, 0.15) is 0 Å². The number of hydrogen-bond donors (Lipinski definition) is 1. The van der Waals surface area contributed by atoms with E-state index in [9.17, 15) is 13.2 Å². The largest absolute Gasteiger partial charge is 0.493 e. The zero-order valence-corrected chi connectivity index (χ0v) is 17.4. The van der Waals surface area contributed by atoms with Crippen molar-refractivity contribution < 1.29 is 27.4 Å². The van der Waals surface area contributed by atoms with Crippen LogP contribution in [0.4, 0.5) is 5.69 Å². The highest BCUT2D eigenvalue weighted by Crippen LogP contribution is 2.39. The van der Waals surface area contributed by atoms with Crippen molar-refractivity contribution in [3.05, 3.63) is 42.0 Å². The van der Waals surface area contributed by atoms with Crippen molar-refractivity contribution in [1.29, 1.82) is 0 Å². The number of nitrogens with one attached hydrogen (secondary N) is 1. The van der Waals surface area contributed by atoms with Gasteiger partial charge >= 0.3 is 0 Å². The molecule has 1 aliphatic rings. The lowest BCUT2D eigenvalue weighted by Gasteiger charge is -2.17. The standard InChI is InChI=1S/C20H24N2O6S/c1-26-17-11-6-14(19(27-2)20(17)28-3)13-21-29(24,25)16-9-7-15(8-10-16)22-12-4-5-18(22)23/h6-11,21H,4-5,12-13H2,1-3H3. The summed E-state index contributed by atoms with van der Waals surface area (Å²) in [6.07, 6.45) is 1.34. The summed E-state index contributed by atoms with van der Waals surface area (Å²) < 4.78 is 43.9. The molecule has 0 aromatic heterocycles. The summed E-state index contributed by atoms with van der Waals surface area (Å²) >= 11 is 0. The van der Waals surface area contributed by atoms with E-state index in [1.165, 1.54) is 33.5 Å². The first-order valence-corrected chi connectivity index (χ1v) is 10.6. The van der Waals surface area contributed by atoms with Crippen LogP contribution < -0.4 is 23.8 Å². The van der Waals surface area contributed by atoms with E-state index in [1.54, 1.807) is 29.2 Å². The number of hydrogen-bond acceptors (Lipinski definition) is 6. The molecule has 1 fully saturated rings. The molecule has 2 aromatic carbocycles. The Hall–Kier alpha value is -2.78. The van der Waals surface area contributed by atoms with Crippen molar-refractivity contribution in [3.63, 3.8) is 0 Å². The smallest absolute Gasteiger partial charge is 0.240 e. The Morgan fingerprint density at radius 3 is 2.21 bits per heavy atom. The number of ether oxygens (including phenoxy) is 3. The fraction of sp³-hybridized carbons (Fsp3) is 0.350. The molecule has 0 saturated carbocycles. The summed E-state index contributed by atoms with van der Waals surface area (Å²) in [6, 6.07) is 9.69. The monoisotopic (exact) mass is 420 g/mol. The van der Waals surface area contributed by atoms with Gasteiger partial charge in [0, 0.05) is 30.8 Å². The van der Waals surface area contributed by atoms with Gasteiger partial charge in [-0.1, -0.05) is 6.07 Å². The molecule has 1 N–H and O–H groups in total. The highest BCUT2D eigenvalue weighted by Gasteiger charge is 2.23. The molecular weight excluding hydrogens is 396 g/mol. The van der Waals surface area contributed by atoms with Gasteiger partial charge in [0.25, 0.3) is 0 Å². The molecule has 2 aromatic rings. The molecule has 0 atom stereocenters. The van der Waals surface area contributed by atoms with Crippen LogP contribution in [0.2, 0.25) is 0 Å². The maximum absolute atomic E-state index is 12.7. The summed E-state index contributed by atoms with van der Waals surface area (Å²) in [5, 5.41) is 0. The van der Waals surface area contributed by atoms with Crippen LogP contribution in [-0.4, -0.2) is 42.2 Å². The van der Waals surface area contributed by atoms with Gasteiger partial charge in [-0.15, -0.1) is 0 Å². The Morgan fingerprint density at radius 1 is 0.966 bits per heavy atom. The van der Waals surface area contributed by atoms with Crippen LogP contribution >= 0.6 is 0 Å². The minimum Gasteiger partial charge on any atom is -0.493 e. The number of carbonyl (C=O) groups excluding carboxylic acids is 1. The van der Waals surface area contributed by atoms with Gasteiger partial charge in [0.15, 0.2) is 11.5 Å². The molecule has 0 aliphatic carbocycles. The SMILES string of the molecule is COc1ccc(CNS(=O)(=O)c2ccc(N3CCCC3=O)cc2)c(OC)c1OC. The average molecular weight is 420 g/mol. The first kappa shape index (κ1) is 20.9. The van der Waals surface area contributed by atoms with Crippen molar-refractivity contribution in [2.75, 3.05) is 32.8 Å². The summed E-state index contributed by atoms with van der Waals surface area (Å²) in [5.41, 5.74) is 1.31. The van der Waals surface area contributed by atoms with Crippen LogP contribution in [0.5, 0.6) is 17.2 Å². The number of methoxy groups -OCH3 is 3. The number of amides is 1. The summed E-state index contributed by atoms with van der Waals surface area (Å²) in [4.78, 5) is 13.6. The van der Waals surface area contributed by atoms with E-state index >= 15 is 0 Å². The summed E-state index contributed by atoms with van der Waals surface area (Å²) in [6.45, 7) is 0.667.